The van der Waals surface area contributed by atoms with Crippen LogP contribution in [0.1, 0.15) is 24.8 Å². The molecule has 0 saturated carbocycles. The van der Waals surface area contributed by atoms with Gasteiger partial charge in [-0.15, -0.1) is 10.2 Å². The van der Waals surface area contributed by atoms with Crippen LogP contribution in [0.3, 0.4) is 0 Å². The fourth-order valence-electron chi connectivity index (χ4n) is 2.60. The maximum Gasteiger partial charge on any atom is 0.234 e. The van der Waals surface area contributed by atoms with Crippen LogP contribution in [0.15, 0.2) is 28.0 Å². The molecule has 2 aromatic heterocycles. The van der Waals surface area contributed by atoms with Crippen molar-refractivity contribution in [3.8, 4) is 0 Å². The molecule has 1 atom stereocenters. The van der Waals surface area contributed by atoms with E-state index >= 15 is 0 Å². The number of carbonyl (C=O) groups is 1. The van der Waals surface area contributed by atoms with Crippen LogP contribution in [0.4, 0.5) is 5.69 Å². The summed E-state index contributed by atoms with van der Waals surface area (Å²) in [7, 11) is 0. The quantitative estimate of drug-likeness (QED) is 0.679. The molecule has 1 amide bonds. The normalized spacial score (nSPS) is 17.4. The molecule has 1 unspecified atom stereocenters. The fourth-order valence-corrected chi connectivity index (χ4v) is 3.89. The lowest BCUT2D eigenvalue weighted by Crippen LogP contribution is -2.13. The molecule has 7 nitrogen and oxygen atoms in total. The van der Waals surface area contributed by atoms with E-state index in [1.807, 2.05) is 18.2 Å². The average Bonchev–Trinajstić information content (AvgIpc) is 3.32. The second-order valence-corrected chi connectivity index (χ2v) is 7.45. The van der Waals surface area contributed by atoms with E-state index in [9.17, 15) is 4.79 Å². The minimum absolute atomic E-state index is 0.0544. The van der Waals surface area contributed by atoms with Crippen LogP contribution in [0, 0.1) is 0 Å². The Morgan fingerprint density at radius 2 is 2.46 bits per heavy atom. The summed E-state index contributed by atoms with van der Waals surface area (Å²) >= 11 is 2.80. The number of H-pyrrole nitrogens is 1. The second-order valence-electron chi connectivity index (χ2n) is 5.40. The predicted octanol–water partition coefficient (Wildman–Crippen LogP) is 3.00. The number of hydrogen-bond donors (Lipinski definition) is 2. The van der Waals surface area contributed by atoms with Crippen molar-refractivity contribution in [1.82, 2.24) is 20.2 Å². The highest BCUT2D eigenvalue weighted by Gasteiger charge is 2.21. The number of imidazole rings is 1. The number of aromatic amines is 1. The van der Waals surface area contributed by atoms with E-state index < -0.39 is 0 Å². The van der Waals surface area contributed by atoms with Crippen molar-refractivity contribution < 1.29 is 9.53 Å². The third kappa shape index (κ3) is 3.42. The van der Waals surface area contributed by atoms with E-state index in [0.29, 0.717) is 5.75 Å². The van der Waals surface area contributed by atoms with Gasteiger partial charge in [-0.05, 0) is 31.0 Å². The topological polar surface area (TPSA) is 92.8 Å². The largest absolute Gasteiger partial charge is 0.370 e. The van der Waals surface area contributed by atoms with E-state index in [2.05, 4.69) is 25.5 Å². The maximum atomic E-state index is 12.0. The van der Waals surface area contributed by atoms with Gasteiger partial charge in [-0.3, -0.25) is 4.79 Å². The van der Waals surface area contributed by atoms with Crippen molar-refractivity contribution in [2.24, 2.45) is 0 Å². The molecule has 24 heavy (non-hydrogen) atoms. The number of anilines is 1. The van der Waals surface area contributed by atoms with Gasteiger partial charge in [-0.25, -0.2) is 4.98 Å². The van der Waals surface area contributed by atoms with Crippen LogP contribution in [0.25, 0.3) is 11.0 Å². The Kier molecular flexibility index (Phi) is 4.46. The molecule has 2 N–H and O–H groups in total. The summed E-state index contributed by atoms with van der Waals surface area (Å²) in [6, 6.07) is 5.65. The highest BCUT2D eigenvalue weighted by atomic mass is 32.2. The number of fused-ring (bicyclic) bond motifs is 1. The van der Waals surface area contributed by atoms with E-state index in [1.165, 1.54) is 23.1 Å². The fraction of sp³-hybridized carbons (Fsp3) is 0.333. The monoisotopic (exact) mass is 361 g/mol. The summed E-state index contributed by atoms with van der Waals surface area (Å²) in [5.74, 6) is 1.09. The van der Waals surface area contributed by atoms with Gasteiger partial charge >= 0.3 is 0 Å². The molecule has 1 aromatic carbocycles. The zero-order valence-corrected chi connectivity index (χ0v) is 14.3. The molecule has 1 fully saturated rings. The molecule has 4 rings (SSSR count). The van der Waals surface area contributed by atoms with Crippen molar-refractivity contribution in [2.45, 2.75) is 23.3 Å². The van der Waals surface area contributed by atoms with Crippen molar-refractivity contribution in [2.75, 3.05) is 17.7 Å². The van der Waals surface area contributed by atoms with Crippen LogP contribution in [0.2, 0.25) is 0 Å². The molecule has 0 spiro atoms. The first-order valence-corrected chi connectivity index (χ1v) is 9.44. The molecular formula is C15H15N5O2S2. The highest BCUT2D eigenvalue weighted by molar-refractivity contribution is 8.01. The van der Waals surface area contributed by atoms with Gasteiger partial charge in [0.1, 0.15) is 17.4 Å². The zero-order valence-electron chi connectivity index (χ0n) is 12.7. The number of nitrogens with zero attached hydrogens (tertiary/aromatic N) is 3. The summed E-state index contributed by atoms with van der Waals surface area (Å²) in [6.45, 7) is 0.787. The average molecular weight is 361 g/mol. The van der Waals surface area contributed by atoms with Crippen molar-refractivity contribution in [3.05, 3.63) is 29.5 Å². The number of aromatic nitrogens is 4. The van der Waals surface area contributed by atoms with E-state index in [4.69, 9.17) is 4.74 Å². The van der Waals surface area contributed by atoms with E-state index in [-0.39, 0.29) is 12.0 Å². The van der Waals surface area contributed by atoms with Crippen LogP contribution in [-0.2, 0) is 9.53 Å². The Hall–Kier alpha value is -1.97. The Balaban J connectivity index is 1.43. The van der Waals surface area contributed by atoms with Crippen molar-refractivity contribution in [3.63, 3.8) is 0 Å². The first-order chi connectivity index (χ1) is 11.8. The lowest BCUT2D eigenvalue weighted by atomic mass is 10.2. The molecule has 1 aliphatic heterocycles. The van der Waals surface area contributed by atoms with Crippen molar-refractivity contribution in [1.29, 1.82) is 0 Å². The summed E-state index contributed by atoms with van der Waals surface area (Å²) in [5.41, 5.74) is 4.17. The molecule has 3 aromatic rings. The summed E-state index contributed by atoms with van der Waals surface area (Å²) in [5, 5.41) is 10.5. The minimum Gasteiger partial charge on any atom is -0.370 e. The van der Waals surface area contributed by atoms with Crippen LogP contribution in [0.5, 0.6) is 0 Å². The number of amides is 1. The predicted molar refractivity (Wildman–Crippen MR) is 93.3 cm³/mol. The number of hydrogen-bond acceptors (Lipinski definition) is 7. The molecule has 124 valence electrons. The molecule has 0 radical (unpaired) electrons. The first kappa shape index (κ1) is 15.6. The van der Waals surface area contributed by atoms with Gasteiger partial charge in [0.15, 0.2) is 4.34 Å². The number of carbonyl (C=O) groups excluding carboxylic acids is 1. The van der Waals surface area contributed by atoms with E-state index in [0.717, 1.165) is 46.3 Å². The number of thioether (sulfide) groups is 1. The minimum atomic E-state index is -0.0755. The van der Waals surface area contributed by atoms with Crippen LogP contribution >= 0.6 is 23.1 Å². The Labute approximate surface area is 146 Å². The van der Waals surface area contributed by atoms with Gasteiger partial charge in [-0.1, -0.05) is 23.1 Å². The van der Waals surface area contributed by atoms with Crippen LogP contribution in [-0.4, -0.2) is 38.4 Å². The van der Waals surface area contributed by atoms with Gasteiger partial charge in [0, 0.05) is 12.3 Å². The summed E-state index contributed by atoms with van der Waals surface area (Å²) in [6.07, 6.45) is 2.11. The molecule has 3 heterocycles. The number of benzene rings is 1. The first-order valence-electron chi connectivity index (χ1n) is 7.58. The summed E-state index contributed by atoms with van der Waals surface area (Å²) in [4.78, 5) is 19.9. The van der Waals surface area contributed by atoms with Gasteiger partial charge in [0.2, 0.25) is 5.91 Å². The van der Waals surface area contributed by atoms with E-state index in [1.54, 1.807) is 5.51 Å². The number of ether oxygens (including phenoxy) is 1. The lowest BCUT2D eigenvalue weighted by Gasteiger charge is -2.04. The Bertz CT molecular complexity index is 843. The lowest BCUT2D eigenvalue weighted by molar-refractivity contribution is -0.113. The van der Waals surface area contributed by atoms with Gasteiger partial charge in [-0.2, -0.15) is 0 Å². The van der Waals surface area contributed by atoms with Crippen LogP contribution < -0.4 is 5.32 Å². The maximum absolute atomic E-state index is 12.0. The van der Waals surface area contributed by atoms with Gasteiger partial charge in [0.25, 0.3) is 0 Å². The molecule has 1 aliphatic rings. The third-order valence-corrected chi connectivity index (χ3v) is 5.55. The second kappa shape index (κ2) is 6.88. The van der Waals surface area contributed by atoms with Gasteiger partial charge in [0.05, 0.1) is 16.8 Å². The SMILES string of the molecule is O=C(CSc1nncs1)Nc1ccc2nc(C3CCCO3)[nH]c2c1. The zero-order chi connectivity index (χ0) is 16.4. The molecule has 0 aliphatic carbocycles. The van der Waals surface area contributed by atoms with Gasteiger partial charge < -0.3 is 15.0 Å². The standard InChI is InChI=1S/C15H15N5O2S2/c21-13(7-23-15-20-16-8-24-15)17-9-3-4-10-11(6-9)19-14(18-10)12-2-1-5-22-12/h3-4,6,8,12H,1-2,5,7H2,(H,17,21)(H,18,19). The number of nitrogens with one attached hydrogen (secondary N) is 2. The highest BCUT2D eigenvalue weighted by Crippen LogP contribution is 2.28. The van der Waals surface area contributed by atoms with Crippen molar-refractivity contribution >= 4 is 45.7 Å². The smallest absolute Gasteiger partial charge is 0.234 e. The summed E-state index contributed by atoms with van der Waals surface area (Å²) < 4.78 is 6.44. The number of rotatable bonds is 5. The molecule has 0 bridgehead atoms. The molecule has 9 heteroatoms. The Morgan fingerprint density at radius 1 is 1.50 bits per heavy atom. The molecule has 1 saturated heterocycles. The molecular weight excluding hydrogens is 346 g/mol. The third-order valence-electron chi connectivity index (χ3n) is 3.69. The Morgan fingerprint density at radius 3 is 3.25 bits per heavy atom.